The predicted molar refractivity (Wildman–Crippen MR) is 119 cm³/mol. The molecular weight excluding hydrogens is 448 g/mol. The lowest BCUT2D eigenvalue weighted by molar-refractivity contribution is -0.394. The van der Waals surface area contributed by atoms with Gasteiger partial charge in [-0.2, -0.15) is 0 Å². The summed E-state index contributed by atoms with van der Waals surface area (Å²) in [6.07, 6.45) is 4.37. The minimum Gasteiger partial charge on any atom is -0.258 e. The van der Waals surface area contributed by atoms with Gasteiger partial charge in [0.25, 0.3) is 22.7 Å². The van der Waals surface area contributed by atoms with Crippen LogP contribution in [-0.2, 0) is 0 Å². The van der Waals surface area contributed by atoms with E-state index in [1.54, 1.807) is 0 Å². The van der Waals surface area contributed by atoms with Crippen molar-refractivity contribution in [2.75, 3.05) is 0 Å². The third kappa shape index (κ3) is 3.66. The fourth-order valence-electron chi connectivity index (χ4n) is 5.32. The molecule has 2 atom stereocenters. The fraction of sp³-hybridized carbons (Fsp3) is 0.273. The van der Waals surface area contributed by atoms with Crippen molar-refractivity contribution in [3.63, 3.8) is 0 Å². The molecule has 4 rings (SSSR count). The molecule has 1 saturated carbocycles. The first-order valence-corrected chi connectivity index (χ1v) is 10.2. The van der Waals surface area contributed by atoms with Gasteiger partial charge in [-0.1, -0.05) is 26.0 Å². The molecule has 0 aromatic heterocycles. The normalized spacial score (nSPS) is 21.4. The number of nitro groups is 4. The van der Waals surface area contributed by atoms with Crippen molar-refractivity contribution in [3.05, 3.63) is 112 Å². The van der Waals surface area contributed by atoms with Gasteiger partial charge < -0.3 is 0 Å². The van der Waals surface area contributed by atoms with E-state index in [-0.39, 0.29) is 11.8 Å². The Labute approximate surface area is 192 Å². The molecule has 0 N–H and O–H groups in total. The van der Waals surface area contributed by atoms with Gasteiger partial charge in [-0.25, -0.2) is 0 Å². The first-order chi connectivity index (χ1) is 15.9. The van der Waals surface area contributed by atoms with Gasteiger partial charge in [0, 0.05) is 36.1 Å². The molecule has 0 heterocycles. The maximum Gasteiger partial charge on any atom is 0.276 e. The molecule has 12 nitrogen and oxygen atoms in total. The largest absolute Gasteiger partial charge is 0.276 e. The van der Waals surface area contributed by atoms with Crippen molar-refractivity contribution in [3.8, 4) is 0 Å². The summed E-state index contributed by atoms with van der Waals surface area (Å²) in [6.45, 7) is 3.64. The van der Waals surface area contributed by atoms with E-state index >= 15 is 0 Å². The Morgan fingerprint density at radius 1 is 0.676 bits per heavy atom. The second-order valence-corrected chi connectivity index (χ2v) is 8.75. The molecule has 0 bridgehead atoms. The van der Waals surface area contributed by atoms with Gasteiger partial charge in [-0.05, 0) is 34.8 Å². The zero-order valence-corrected chi connectivity index (χ0v) is 18.0. The van der Waals surface area contributed by atoms with Crippen molar-refractivity contribution < 1.29 is 19.7 Å². The molecule has 1 fully saturated rings. The molecule has 0 amide bonds. The number of hydrogen-bond donors (Lipinski definition) is 0. The van der Waals surface area contributed by atoms with Crippen LogP contribution in [0, 0.1) is 69.5 Å². The third-order valence-corrected chi connectivity index (χ3v) is 6.49. The third-order valence-electron chi connectivity index (χ3n) is 6.49. The summed E-state index contributed by atoms with van der Waals surface area (Å²) < 4.78 is 0. The Balaban J connectivity index is 1.90. The summed E-state index contributed by atoms with van der Waals surface area (Å²) in [4.78, 5) is 43.0. The average Bonchev–Trinajstić information content (AvgIpc) is 3.29. The van der Waals surface area contributed by atoms with Crippen LogP contribution >= 0.6 is 0 Å². The molecular formula is C22H18N4O8. The van der Waals surface area contributed by atoms with Gasteiger partial charge in [0.05, 0.1) is 31.8 Å². The van der Waals surface area contributed by atoms with Crippen LogP contribution in [0.3, 0.4) is 0 Å². The molecule has 34 heavy (non-hydrogen) atoms. The van der Waals surface area contributed by atoms with Crippen molar-refractivity contribution in [2.24, 2.45) is 17.3 Å². The van der Waals surface area contributed by atoms with Crippen molar-refractivity contribution in [1.82, 2.24) is 0 Å². The summed E-state index contributed by atoms with van der Waals surface area (Å²) in [6, 6.07) is 6.93. The first-order valence-electron chi connectivity index (χ1n) is 10.2. The molecule has 2 aliphatic carbocycles. The Kier molecular flexibility index (Phi) is 5.38. The Bertz CT molecular complexity index is 1210. The second-order valence-electron chi connectivity index (χ2n) is 8.75. The highest BCUT2D eigenvalue weighted by Gasteiger charge is 2.57. The van der Waals surface area contributed by atoms with E-state index in [0.717, 1.165) is 12.1 Å². The highest BCUT2D eigenvalue weighted by Crippen LogP contribution is 2.65. The van der Waals surface area contributed by atoms with Crippen LogP contribution in [-0.4, -0.2) is 19.7 Å². The number of benzene rings is 2. The number of allylic oxidation sites excluding steroid dienone is 2. The van der Waals surface area contributed by atoms with Gasteiger partial charge in [-0.3, -0.25) is 40.5 Å². The number of nitrogens with zero attached hydrogens (tertiary/aromatic N) is 4. The number of hydrogen-bond acceptors (Lipinski definition) is 8. The van der Waals surface area contributed by atoms with Crippen LogP contribution in [0.1, 0.15) is 31.4 Å². The quantitative estimate of drug-likeness (QED) is 0.321. The monoisotopic (exact) mass is 466 g/mol. The van der Waals surface area contributed by atoms with E-state index in [1.807, 2.05) is 26.0 Å². The molecule has 12 heteroatoms. The van der Waals surface area contributed by atoms with E-state index in [4.69, 9.17) is 0 Å². The number of nitro benzene ring substituents is 4. The van der Waals surface area contributed by atoms with Gasteiger partial charge in [0.15, 0.2) is 0 Å². The summed E-state index contributed by atoms with van der Waals surface area (Å²) in [5.41, 5.74) is -1.89. The lowest BCUT2D eigenvalue weighted by Gasteiger charge is -2.34. The zero-order valence-electron chi connectivity index (χ0n) is 18.0. The molecule has 0 aliphatic heterocycles. The summed E-state index contributed by atoms with van der Waals surface area (Å²) in [5.74, 6) is 0.913. The van der Waals surface area contributed by atoms with Gasteiger partial charge in [-0.15, -0.1) is 0 Å². The lowest BCUT2D eigenvalue weighted by Crippen LogP contribution is -2.26. The van der Waals surface area contributed by atoms with Crippen LogP contribution < -0.4 is 0 Å². The molecule has 2 aromatic carbocycles. The number of rotatable bonds is 6. The van der Waals surface area contributed by atoms with E-state index in [1.165, 1.54) is 24.3 Å². The fourth-order valence-corrected chi connectivity index (χ4v) is 5.32. The van der Waals surface area contributed by atoms with E-state index in [2.05, 4.69) is 0 Å². The first kappa shape index (κ1) is 23.0. The van der Waals surface area contributed by atoms with Crippen molar-refractivity contribution in [2.45, 2.75) is 20.3 Å². The van der Waals surface area contributed by atoms with Crippen LogP contribution in [0.2, 0.25) is 0 Å². The highest BCUT2D eigenvalue weighted by atomic mass is 16.6. The topological polar surface area (TPSA) is 173 Å². The Morgan fingerprint density at radius 2 is 1.06 bits per heavy atom. The molecule has 2 aromatic rings. The number of fused-ring (bicyclic) bond motifs is 1. The molecule has 174 valence electrons. The molecule has 0 spiro atoms. The van der Waals surface area contributed by atoms with Crippen molar-refractivity contribution in [1.29, 1.82) is 0 Å². The predicted octanol–water partition coefficient (Wildman–Crippen LogP) is 5.10. The molecule has 0 saturated heterocycles. The van der Waals surface area contributed by atoms with E-state index < -0.39 is 47.9 Å². The zero-order chi connectivity index (χ0) is 24.9. The Hall–Kier alpha value is -4.22. The number of non-ortho nitro benzene ring substituents is 4. The SMILES string of the molecule is CC1(C)[C](c2cc([N+](=O)[O-])cc([N+](=O)[O-])c2)C2C=CCC2[C]1c1cc([N+](=O)[O-])cc([N+](=O)[O-])c1. The summed E-state index contributed by atoms with van der Waals surface area (Å²) >= 11 is 0. The summed E-state index contributed by atoms with van der Waals surface area (Å²) in [5, 5.41) is 45.8. The average molecular weight is 466 g/mol. The second kappa shape index (κ2) is 7.97. The van der Waals surface area contributed by atoms with Crippen LogP contribution in [0.15, 0.2) is 48.6 Å². The van der Waals surface area contributed by atoms with Gasteiger partial charge in [0.2, 0.25) is 0 Å². The minimum absolute atomic E-state index is 0.204. The lowest BCUT2D eigenvalue weighted by atomic mass is 9.68. The van der Waals surface area contributed by atoms with Crippen LogP contribution in [0.25, 0.3) is 0 Å². The molecule has 2 aliphatic rings. The van der Waals surface area contributed by atoms with Crippen LogP contribution in [0.5, 0.6) is 0 Å². The maximum atomic E-state index is 11.4. The highest BCUT2D eigenvalue weighted by molar-refractivity contribution is 5.61. The van der Waals surface area contributed by atoms with Crippen LogP contribution in [0.4, 0.5) is 22.7 Å². The molecule has 2 unspecified atom stereocenters. The summed E-state index contributed by atoms with van der Waals surface area (Å²) in [7, 11) is 0. The van der Waals surface area contributed by atoms with Crippen molar-refractivity contribution >= 4 is 22.7 Å². The standard InChI is InChI=1S/C22H18N4O8/c1-22(2)20(12-6-14(23(27)28)10-15(7-12)24(29)30)18-4-3-5-19(18)21(22)13-8-16(25(31)32)11-17(9-13)26(33)34/h3-4,6-11,18-19H,5H2,1-2H3. The Morgan fingerprint density at radius 3 is 1.44 bits per heavy atom. The van der Waals surface area contributed by atoms with Gasteiger partial charge >= 0.3 is 0 Å². The van der Waals surface area contributed by atoms with E-state index in [0.29, 0.717) is 29.4 Å². The minimum atomic E-state index is -0.855. The van der Waals surface area contributed by atoms with E-state index in [9.17, 15) is 40.5 Å². The van der Waals surface area contributed by atoms with Gasteiger partial charge in [0.1, 0.15) is 0 Å². The maximum absolute atomic E-state index is 11.4. The molecule has 2 radical (unpaired) electrons. The smallest absolute Gasteiger partial charge is 0.258 e.